The van der Waals surface area contributed by atoms with Crippen LogP contribution in [0.5, 0.6) is 0 Å². The van der Waals surface area contributed by atoms with Crippen LogP contribution in [-0.4, -0.2) is 63.5 Å². The lowest BCUT2D eigenvalue weighted by Gasteiger charge is -2.37. The number of carbonyl (C=O) groups excluding carboxylic acids is 1. The Morgan fingerprint density at radius 1 is 1.08 bits per heavy atom. The third kappa shape index (κ3) is 5.56. The first-order valence-corrected chi connectivity index (χ1v) is 11.5. The number of nitrogens with one attached hydrogen (secondary N) is 2. The first-order chi connectivity index (χ1) is 11.9. The normalized spacial score (nSPS) is 30.9. The van der Waals surface area contributed by atoms with E-state index in [2.05, 4.69) is 10.0 Å². The van der Waals surface area contributed by atoms with Crippen molar-refractivity contribution in [2.75, 3.05) is 25.9 Å². The summed E-state index contributed by atoms with van der Waals surface area (Å²) < 4.78 is 31.2. The molecule has 0 bridgehead atoms. The second kappa shape index (κ2) is 8.22. The van der Waals surface area contributed by atoms with Crippen LogP contribution < -0.4 is 10.0 Å². The Hall–Kier alpha value is -0.860. The summed E-state index contributed by atoms with van der Waals surface area (Å²) in [7, 11) is -3.19. The molecule has 3 unspecified atom stereocenters. The smallest absolute Gasteiger partial charge is 0.317 e. The molecule has 3 fully saturated rings. The number of ether oxygens (including phenoxy) is 1. The molecule has 0 aromatic rings. The van der Waals surface area contributed by atoms with Crippen molar-refractivity contribution in [3.63, 3.8) is 0 Å². The number of sulfonamides is 1. The molecule has 0 radical (unpaired) electrons. The molecule has 25 heavy (non-hydrogen) atoms. The molecule has 1 saturated heterocycles. The number of carbonyl (C=O) groups is 1. The summed E-state index contributed by atoms with van der Waals surface area (Å²) in [4.78, 5) is 14.5. The SMILES string of the molecule is CS(=O)(=O)NCC1CCCC1NC(=O)N1CCCC(OC2CCC2)C1. The molecule has 3 atom stereocenters. The molecule has 144 valence electrons. The molecule has 8 heteroatoms. The number of piperidine rings is 1. The van der Waals surface area contributed by atoms with Gasteiger partial charge < -0.3 is 15.0 Å². The number of nitrogens with zero attached hydrogens (tertiary/aromatic N) is 1. The van der Waals surface area contributed by atoms with E-state index in [0.29, 0.717) is 19.2 Å². The van der Waals surface area contributed by atoms with Crippen molar-refractivity contribution >= 4 is 16.1 Å². The lowest BCUT2D eigenvalue weighted by atomic mass is 9.95. The van der Waals surface area contributed by atoms with E-state index < -0.39 is 10.0 Å². The minimum Gasteiger partial charge on any atom is -0.373 e. The van der Waals surface area contributed by atoms with E-state index in [1.54, 1.807) is 0 Å². The fourth-order valence-electron chi connectivity index (χ4n) is 3.99. The highest BCUT2D eigenvalue weighted by molar-refractivity contribution is 7.88. The Labute approximate surface area is 150 Å². The van der Waals surface area contributed by atoms with Crippen molar-refractivity contribution in [2.24, 2.45) is 5.92 Å². The number of rotatable bonds is 6. The number of hydrogen-bond donors (Lipinski definition) is 2. The predicted octanol–water partition coefficient (Wildman–Crippen LogP) is 1.45. The van der Waals surface area contributed by atoms with Gasteiger partial charge in [0.25, 0.3) is 0 Å². The topological polar surface area (TPSA) is 87.7 Å². The number of urea groups is 1. The molecule has 2 N–H and O–H groups in total. The van der Waals surface area contributed by atoms with Crippen molar-refractivity contribution in [2.45, 2.75) is 69.6 Å². The van der Waals surface area contributed by atoms with Gasteiger partial charge in [0.2, 0.25) is 10.0 Å². The van der Waals surface area contributed by atoms with Gasteiger partial charge in [-0.15, -0.1) is 0 Å². The molecule has 2 amide bonds. The summed E-state index contributed by atoms with van der Waals surface area (Å²) in [5.41, 5.74) is 0. The zero-order valence-electron chi connectivity index (χ0n) is 15.1. The first-order valence-electron chi connectivity index (χ1n) is 9.56. The summed E-state index contributed by atoms with van der Waals surface area (Å²) in [6.45, 7) is 1.84. The molecule has 0 aromatic carbocycles. The van der Waals surface area contributed by atoms with Crippen LogP contribution >= 0.6 is 0 Å². The van der Waals surface area contributed by atoms with Crippen molar-refractivity contribution in [1.29, 1.82) is 0 Å². The Morgan fingerprint density at radius 2 is 1.80 bits per heavy atom. The van der Waals surface area contributed by atoms with E-state index in [4.69, 9.17) is 4.74 Å². The molecular formula is C17H31N3O4S. The monoisotopic (exact) mass is 373 g/mol. The zero-order chi connectivity index (χ0) is 17.9. The second-order valence-electron chi connectivity index (χ2n) is 7.77. The van der Waals surface area contributed by atoms with Gasteiger partial charge >= 0.3 is 6.03 Å². The van der Waals surface area contributed by atoms with Gasteiger partial charge in [0.05, 0.1) is 18.5 Å². The van der Waals surface area contributed by atoms with Gasteiger partial charge in [-0.3, -0.25) is 0 Å². The van der Waals surface area contributed by atoms with Crippen LogP contribution in [0.4, 0.5) is 4.79 Å². The first kappa shape index (κ1) is 18.9. The van der Waals surface area contributed by atoms with Crippen molar-refractivity contribution in [3.8, 4) is 0 Å². The van der Waals surface area contributed by atoms with Crippen molar-refractivity contribution in [3.05, 3.63) is 0 Å². The van der Waals surface area contributed by atoms with Crippen LogP contribution in [0.25, 0.3) is 0 Å². The highest BCUT2D eigenvalue weighted by Crippen LogP contribution is 2.27. The molecule has 3 aliphatic rings. The summed E-state index contributed by atoms with van der Waals surface area (Å²) in [5, 5.41) is 3.13. The standard InChI is InChI=1S/C17H31N3O4S/c1-25(22,23)18-11-13-5-2-9-16(13)19-17(21)20-10-4-8-15(12-20)24-14-6-3-7-14/h13-16,18H,2-12H2,1H3,(H,19,21). The van der Waals surface area contributed by atoms with E-state index in [0.717, 1.165) is 51.5 Å². The zero-order valence-corrected chi connectivity index (χ0v) is 15.9. The van der Waals surface area contributed by atoms with Crippen molar-refractivity contribution in [1.82, 2.24) is 14.9 Å². The number of amides is 2. The molecule has 3 rings (SSSR count). The van der Waals surface area contributed by atoms with Gasteiger partial charge in [-0.1, -0.05) is 6.42 Å². The third-order valence-corrected chi connectivity index (χ3v) is 6.37. The third-order valence-electron chi connectivity index (χ3n) is 5.68. The van der Waals surface area contributed by atoms with Gasteiger partial charge in [-0.2, -0.15) is 0 Å². The molecule has 2 saturated carbocycles. The Balaban J connectivity index is 1.46. The maximum absolute atomic E-state index is 12.6. The van der Waals surface area contributed by atoms with Gasteiger partial charge in [-0.25, -0.2) is 17.9 Å². The van der Waals surface area contributed by atoms with E-state index in [1.807, 2.05) is 4.90 Å². The lowest BCUT2D eigenvalue weighted by Crippen LogP contribution is -2.52. The van der Waals surface area contributed by atoms with Gasteiger partial charge in [0.15, 0.2) is 0 Å². The van der Waals surface area contributed by atoms with Gasteiger partial charge in [0, 0.05) is 25.7 Å². The number of hydrogen-bond acceptors (Lipinski definition) is 4. The highest BCUT2D eigenvalue weighted by atomic mass is 32.2. The van der Waals surface area contributed by atoms with E-state index in [9.17, 15) is 13.2 Å². The fourth-order valence-corrected chi connectivity index (χ4v) is 4.51. The van der Waals surface area contributed by atoms with Crippen molar-refractivity contribution < 1.29 is 17.9 Å². The molecule has 0 spiro atoms. The molecular weight excluding hydrogens is 342 g/mol. The van der Waals surface area contributed by atoms with Crippen LogP contribution in [-0.2, 0) is 14.8 Å². The Kier molecular flexibility index (Phi) is 6.22. The van der Waals surface area contributed by atoms with E-state index >= 15 is 0 Å². The second-order valence-corrected chi connectivity index (χ2v) is 9.60. The molecule has 1 heterocycles. The highest BCUT2D eigenvalue weighted by Gasteiger charge is 2.32. The quantitative estimate of drug-likeness (QED) is 0.738. The minimum atomic E-state index is -3.19. The molecule has 2 aliphatic carbocycles. The van der Waals surface area contributed by atoms with Crippen LogP contribution in [0.15, 0.2) is 0 Å². The summed E-state index contributed by atoms with van der Waals surface area (Å²) in [6, 6.07) is 0.0212. The Morgan fingerprint density at radius 3 is 2.48 bits per heavy atom. The molecule has 7 nitrogen and oxygen atoms in total. The Bertz CT molecular complexity index is 564. The van der Waals surface area contributed by atoms with Crippen LogP contribution in [0, 0.1) is 5.92 Å². The van der Waals surface area contributed by atoms with Crippen LogP contribution in [0.3, 0.4) is 0 Å². The molecule has 0 aromatic heterocycles. The minimum absolute atomic E-state index is 0.0295. The van der Waals surface area contributed by atoms with Crippen LogP contribution in [0.1, 0.15) is 51.4 Å². The summed E-state index contributed by atoms with van der Waals surface area (Å²) >= 11 is 0. The lowest BCUT2D eigenvalue weighted by molar-refractivity contribution is -0.0721. The fraction of sp³-hybridized carbons (Fsp3) is 0.941. The number of likely N-dealkylation sites (tertiary alicyclic amines) is 1. The van der Waals surface area contributed by atoms with Gasteiger partial charge in [-0.05, 0) is 50.9 Å². The average molecular weight is 374 g/mol. The largest absolute Gasteiger partial charge is 0.373 e. The van der Waals surface area contributed by atoms with Crippen LogP contribution in [0.2, 0.25) is 0 Å². The molecule has 1 aliphatic heterocycles. The van der Waals surface area contributed by atoms with E-state index in [-0.39, 0.29) is 24.1 Å². The summed E-state index contributed by atoms with van der Waals surface area (Å²) in [6.07, 6.45) is 10.2. The maximum atomic E-state index is 12.6. The average Bonchev–Trinajstić information content (AvgIpc) is 2.96. The van der Waals surface area contributed by atoms with Gasteiger partial charge in [0.1, 0.15) is 0 Å². The van der Waals surface area contributed by atoms with E-state index in [1.165, 1.54) is 12.7 Å². The summed E-state index contributed by atoms with van der Waals surface area (Å²) in [5.74, 6) is 0.172. The maximum Gasteiger partial charge on any atom is 0.317 e. The predicted molar refractivity (Wildman–Crippen MR) is 95.8 cm³/mol.